The van der Waals surface area contributed by atoms with Crippen LogP contribution in [0.1, 0.15) is 187 Å². The summed E-state index contributed by atoms with van der Waals surface area (Å²) in [5.41, 5.74) is 5.32. The largest absolute Gasteiger partial charge is 0.480 e. The van der Waals surface area contributed by atoms with Crippen molar-refractivity contribution in [1.29, 1.82) is 0 Å². The third-order valence-electron chi connectivity index (χ3n) is 9.50. The van der Waals surface area contributed by atoms with Crippen molar-refractivity contribution in [2.45, 2.75) is 205 Å². The van der Waals surface area contributed by atoms with E-state index in [1.54, 1.807) is 12.2 Å². The van der Waals surface area contributed by atoms with Gasteiger partial charge in [-0.2, -0.15) is 0 Å². The number of carboxylic acid groups (broad SMARTS) is 1. The standard InChI is InChI=1S/C44H80NO11P/c1-3-5-7-9-11-13-15-17-18-20-22-24-26-28-30-34-43(48)56-40(37-54-57(51,52)55-38-41(45)44(49)50)36-53-42(47)35-31-33-39(46)32-29-27-25-23-21-19-16-14-12-10-8-6-4-2/h19,21,25,27,29,32,39-41,46H,3-18,20,22-24,26,28,30-31,33-38,45H2,1-2H3,(H,49,50)(H,51,52)/b21-19+,27-25+,32-29+/t39?,40-,41+/m1/s1. The maximum Gasteiger partial charge on any atom is 0.472 e. The molecule has 332 valence electrons. The van der Waals surface area contributed by atoms with E-state index in [9.17, 15) is 28.9 Å². The number of aliphatic carboxylic acids is 1. The zero-order chi connectivity index (χ0) is 42.2. The molecule has 0 aliphatic heterocycles. The van der Waals surface area contributed by atoms with Crippen molar-refractivity contribution in [3.8, 4) is 0 Å². The highest BCUT2D eigenvalue weighted by atomic mass is 31.2. The molecule has 13 heteroatoms. The van der Waals surface area contributed by atoms with Crippen LogP contribution in [-0.2, 0) is 37.5 Å². The first-order chi connectivity index (χ1) is 27.5. The fraction of sp³-hybridized carbons (Fsp3) is 0.795. The summed E-state index contributed by atoms with van der Waals surface area (Å²) in [7, 11) is -4.76. The molecule has 0 aromatic heterocycles. The Kier molecular flexibility index (Phi) is 37.5. The molecule has 0 bridgehead atoms. The Labute approximate surface area is 345 Å². The molecule has 5 N–H and O–H groups in total. The van der Waals surface area contributed by atoms with Crippen LogP contribution in [0.3, 0.4) is 0 Å². The summed E-state index contributed by atoms with van der Waals surface area (Å²) in [6.45, 7) is 2.61. The molecule has 0 radical (unpaired) electrons. The van der Waals surface area contributed by atoms with E-state index in [0.29, 0.717) is 19.3 Å². The molecular formula is C44H80NO11P. The average Bonchev–Trinajstić information content (AvgIpc) is 3.18. The van der Waals surface area contributed by atoms with Gasteiger partial charge < -0.3 is 30.3 Å². The molecule has 0 aromatic rings. The molecule has 12 nitrogen and oxygen atoms in total. The Bertz CT molecular complexity index is 1130. The third kappa shape index (κ3) is 38.9. The first kappa shape index (κ1) is 54.7. The smallest absolute Gasteiger partial charge is 0.472 e. The molecule has 0 rings (SSSR count). The second kappa shape index (κ2) is 39.1. The van der Waals surface area contributed by atoms with Gasteiger partial charge in [-0.1, -0.05) is 172 Å². The van der Waals surface area contributed by atoms with E-state index >= 15 is 0 Å². The van der Waals surface area contributed by atoms with Crippen LogP contribution in [0, 0.1) is 0 Å². The molecule has 0 aromatic carbocycles. The Balaban J connectivity index is 4.52. The molecule has 0 fully saturated rings. The van der Waals surface area contributed by atoms with Crippen molar-refractivity contribution in [2.24, 2.45) is 5.73 Å². The summed E-state index contributed by atoms with van der Waals surface area (Å²) in [4.78, 5) is 46.0. The van der Waals surface area contributed by atoms with Gasteiger partial charge in [0.05, 0.1) is 19.3 Å². The molecule has 57 heavy (non-hydrogen) atoms. The number of carbonyl (C=O) groups excluding carboxylic acids is 2. The van der Waals surface area contributed by atoms with E-state index in [-0.39, 0.29) is 12.8 Å². The fourth-order valence-electron chi connectivity index (χ4n) is 5.96. The maximum atomic E-state index is 12.6. The minimum atomic E-state index is -4.76. The van der Waals surface area contributed by atoms with Crippen LogP contribution in [-0.4, -0.2) is 71.1 Å². The van der Waals surface area contributed by atoms with Crippen LogP contribution in [0.2, 0.25) is 0 Å². The zero-order valence-corrected chi connectivity index (χ0v) is 36.4. The van der Waals surface area contributed by atoms with E-state index in [4.69, 9.17) is 24.8 Å². The second-order valence-corrected chi connectivity index (χ2v) is 16.5. The van der Waals surface area contributed by atoms with Gasteiger partial charge in [0.15, 0.2) is 6.10 Å². The summed E-state index contributed by atoms with van der Waals surface area (Å²) >= 11 is 0. The number of unbranched alkanes of at least 4 members (excludes halogenated alkanes) is 20. The van der Waals surface area contributed by atoms with Gasteiger partial charge in [-0.15, -0.1) is 0 Å². The van der Waals surface area contributed by atoms with Crippen LogP contribution in [0.15, 0.2) is 36.5 Å². The van der Waals surface area contributed by atoms with Gasteiger partial charge in [0, 0.05) is 12.8 Å². The van der Waals surface area contributed by atoms with Gasteiger partial charge in [-0.05, 0) is 38.5 Å². The molecule has 0 aliphatic rings. The highest BCUT2D eigenvalue weighted by Gasteiger charge is 2.28. The summed E-state index contributed by atoms with van der Waals surface area (Å²) in [6, 6.07) is -1.55. The van der Waals surface area contributed by atoms with Crippen molar-refractivity contribution in [3.63, 3.8) is 0 Å². The number of rotatable bonds is 41. The van der Waals surface area contributed by atoms with E-state index in [0.717, 1.165) is 32.1 Å². The summed E-state index contributed by atoms with van der Waals surface area (Å²) in [5.74, 6) is -2.59. The predicted molar refractivity (Wildman–Crippen MR) is 228 cm³/mol. The van der Waals surface area contributed by atoms with Gasteiger partial charge in [-0.3, -0.25) is 23.4 Å². The van der Waals surface area contributed by atoms with Crippen LogP contribution >= 0.6 is 7.82 Å². The van der Waals surface area contributed by atoms with Crippen molar-refractivity contribution in [1.82, 2.24) is 0 Å². The van der Waals surface area contributed by atoms with Gasteiger partial charge >= 0.3 is 25.7 Å². The number of phosphoric acid groups is 1. The van der Waals surface area contributed by atoms with Gasteiger partial charge in [0.2, 0.25) is 0 Å². The average molecular weight is 830 g/mol. The molecule has 0 spiro atoms. The monoisotopic (exact) mass is 830 g/mol. The number of aliphatic hydroxyl groups is 1. The van der Waals surface area contributed by atoms with Crippen molar-refractivity contribution in [2.75, 3.05) is 19.8 Å². The van der Waals surface area contributed by atoms with Crippen molar-refractivity contribution < 1.29 is 52.6 Å². The van der Waals surface area contributed by atoms with Gasteiger partial charge in [0.1, 0.15) is 12.6 Å². The van der Waals surface area contributed by atoms with Crippen molar-refractivity contribution in [3.05, 3.63) is 36.5 Å². The lowest BCUT2D eigenvalue weighted by Crippen LogP contribution is -2.34. The first-order valence-corrected chi connectivity index (χ1v) is 23.6. The number of esters is 2. The quantitative estimate of drug-likeness (QED) is 0.0150. The lowest BCUT2D eigenvalue weighted by Gasteiger charge is -2.20. The van der Waals surface area contributed by atoms with E-state index in [1.807, 2.05) is 12.2 Å². The number of hydrogen-bond donors (Lipinski definition) is 4. The van der Waals surface area contributed by atoms with Crippen molar-refractivity contribution >= 4 is 25.7 Å². The number of ether oxygens (including phenoxy) is 2. The van der Waals surface area contributed by atoms with E-state index in [2.05, 4.69) is 30.5 Å². The Morgan fingerprint density at radius 1 is 0.632 bits per heavy atom. The topological polar surface area (TPSA) is 192 Å². The minimum absolute atomic E-state index is 0.000528. The second-order valence-electron chi connectivity index (χ2n) is 15.0. The lowest BCUT2D eigenvalue weighted by molar-refractivity contribution is -0.161. The first-order valence-electron chi connectivity index (χ1n) is 22.1. The Hall–Kier alpha value is -2.34. The number of phosphoric ester groups is 1. The zero-order valence-electron chi connectivity index (χ0n) is 35.5. The molecule has 0 aliphatic carbocycles. The van der Waals surface area contributed by atoms with Gasteiger partial charge in [-0.25, -0.2) is 4.57 Å². The van der Waals surface area contributed by atoms with Crippen LogP contribution in [0.4, 0.5) is 0 Å². The molecule has 0 saturated heterocycles. The summed E-state index contributed by atoms with van der Waals surface area (Å²) < 4.78 is 32.6. The summed E-state index contributed by atoms with van der Waals surface area (Å²) in [6.07, 6.45) is 38.1. The normalized spacial score (nSPS) is 14.6. The lowest BCUT2D eigenvalue weighted by atomic mass is 10.0. The van der Waals surface area contributed by atoms with Crippen LogP contribution < -0.4 is 5.73 Å². The number of carbonyl (C=O) groups is 3. The number of carboxylic acids is 1. The molecule has 2 unspecified atom stereocenters. The molecule has 4 atom stereocenters. The number of allylic oxidation sites excluding steroid dienone is 5. The Morgan fingerprint density at radius 2 is 1.14 bits per heavy atom. The van der Waals surface area contributed by atoms with Crippen LogP contribution in [0.5, 0.6) is 0 Å². The third-order valence-corrected chi connectivity index (χ3v) is 10.4. The fourth-order valence-corrected chi connectivity index (χ4v) is 6.73. The number of hydrogen-bond acceptors (Lipinski definition) is 10. The minimum Gasteiger partial charge on any atom is -0.480 e. The van der Waals surface area contributed by atoms with Crippen LogP contribution in [0.25, 0.3) is 0 Å². The molecule has 0 saturated carbocycles. The van der Waals surface area contributed by atoms with E-state index in [1.165, 1.54) is 109 Å². The highest BCUT2D eigenvalue weighted by molar-refractivity contribution is 7.47. The number of aliphatic hydroxyl groups excluding tert-OH is 1. The molecule has 0 heterocycles. The highest BCUT2D eigenvalue weighted by Crippen LogP contribution is 2.43. The van der Waals surface area contributed by atoms with Gasteiger partial charge in [0.25, 0.3) is 0 Å². The molecular weight excluding hydrogens is 749 g/mol. The Morgan fingerprint density at radius 3 is 1.70 bits per heavy atom. The van der Waals surface area contributed by atoms with E-state index < -0.39 is 63.8 Å². The summed E-state index contributed by atoms with van der Waals surface area (Å²) in [5, 5.41) is 19.1. The maximum absolute atomic E-state index is 12.6. The molecule has 0 amide bonds. The number of nitrogens with two attached hydrogens (primary N) is 1. The SMILES string of the molecule is CCCCCCCC/C=C/C/C=C/C=C/C(O)CCCC(=O)OC[C@H](COP(=O)(O)OC[C@H](N)C(=O)O)OC(=O)CCCCCCCCCCCCCCCCC. The predicted octanol–water partition coefficient (Wildman–Crippen LogP) is 10.6.